The molecule has 2 aromatic rings. The van der Waals surface area contributed by atoms with E-state index in [1.165, 1.54) is 6.07 Å². The smallest absolute Gasteiger partial charge is 0.142 e. The fraction of sp³-hybridized carbons (Fsp3) is 0.250. The van der Waals surface area contributed by atoms with Crippen molar-refractivity contribution in [3.05, 3.63) is 63.4 Å². The summed E-state index contributed by atoms with van der Waals surface area (Å²) in [6.45, 7) is 2.20. The maximum Gasteiger partial charge on any atom is 0.142 e. The summed E-state index contributed by atoms with van der Waals surface area (Å²) in [5, 5.41) is 3.73. The van der Waals surface area contributed by atoms with Crippen molar-refractivity contribution in [3.8, 4) is 5.75 Å². The van der Waals surface area contributed by atoms with Gasteiger partial charge in [-0.1, -0.05) is 41.4 Å². The Morgan fingerprint density at radius 3 is 2.67 bits per heavy atom. The molecule has 0 fully saturated rings. The third kappa shape index (κ3) is 3.88. The van der Waals surface area contributed by atoms with Gasteiger partial charge in [-0.2, -0.15) is 0 Å². The minimum absolute atomic E-state index is 0.0778. The van der Waals surface area contributed by atoms with Crippen LogP contribution in [0.2, 0.25) is 10.0 Å². The van der Waals surface area contributed by atoms with Gasteiger partial charge in [-0.05, 0) is 37.7 Å². The Balaban J connectivity index is 2.12. The van der Waals surface area contributed by atoms with Gasteiger partial charge in [-0.15, -0.1) is 0 Å². The van der Waals surface area contributed by atoms with E-state index in [2.05, 4.69) is 5.32 Å². The Kier molecular flexibility index (Phi) is 5.45. The van der Waals surface area contributed by atoms with Gasteiger partial charge in [0, 0.05) is 11.6 Å². The van der Waals surface area contributed by atoms with E-state index in [4.69, 9.17) is 27.9 Å². The average Bonchev–Trinajstić information content (AvgIpc) is 2.49. The van der Waals surface area contributed by atoms with E-state index in [1.54, 1.807) is 18.2 Å². The molecule has 2 rings (SSSR count). The van der Waals surface area contributed by atoms with Crippen LogP contribution in [0.15, 0.2) is 36.4 Å². The molecule has 2 nitrogen and oxygen atoms in total. The van der Waals surface area contributed by atoms with Crippen LogP contribution in [0.1, 0.15) is 24.1 Å². The molecule has 1 atom stereocenters. The maximum atomic E-state index is 13.3. The first kappa shape index (κ1) is 16.1. The molecule has 112 valence electrons. The zero-order chi connectivity index (χ0) is 15.4. The summed E-state index contributed by atoms with van der Waals surface area (Å²) in [5.74, 6) is 0.0890. The topological polar surface area (TPSA) is 21.3 Å². The van der Waals surface area contributed by atoms with Crippen LogP contribution in [0.5, 0.6) is 5.75 Å². The minimum Gasteiger partial charge on any atom is -0.487 e. The van der Waals surface area contributed by atoms with Crippen LogP contribution < -0.4 is 10.1 Å². The van der Waals surface area contributed by atoms with Crippen molar-refractivity contribution >= 4 is 23.2 Å². The van der Waals surface area contributed by atoms with Gasteiger partial charge in [0.15, 0.2) is 0 Å². The largest absolute Gasteiger partial charge is 0.487 e. The van der Waals surface area contributed by atoms with E-state index in [9.17, 15) is 4.39 Å². The van der Waals surface area contributed by atoms with Crippen LogP contribution in [0.3, 0.4) is 0 Å². The summed E-state index contributed by atoms with van der Waals surface area (Å²) >= 11 is 12.1. The molecule has 21 heavy (non-hydrogen) atoms. The number of hydrogen-bond acceptors (Lipinski definition) is 2. The molecule has 1 unspecified atom stereocenters. The van der Waals surface area contributed by atoms with Gasteiger partial charge in [-0.25, -0.2) is 4.39 Å². The van der Waals surface area contributed by atoms with Crippen LogP contribution in [0.25, 0.3) is 0 Å². The summed E-state index contributed by atoms with van der Waals surface area (Å²) in [4.78, 5) is 0. The second-order valence-electron chi connectivity index (χ2n) is 4.70. The second-order valence-corrected chi connectivity index (χ2v) is 5.49. The number of hydrogen-bond donors (Lipinski definition) is 1. The van der Waals surface area contributed by atoms with Crippen molar-refractivity contribution in [2.24, 2.45) is 0 Å². The van der Waals surface area contributed by atoms with Crippen LogP contribution in [-0.4, -0.2) is 7.05 Å². The summed E-state index contributed by atoms with van der Waals surface area (Å²) in [7, 11) is 1.88. The molecule has 0 radical (unpaired) electrons. The Morgan fingerprint density at radius 2 is 2.00 bits per heavy atom. The van der Waals surface area contributed by atoms with Crippen LogP contribution in [0, 0.1) is 5.82 Å². The third-order valence-corrected chi connectivity index (χ3v) is 4.02. The number of rotatable bonds is 5. The summed E-state index contributed by atoms with van der Waals surface area (Å²) in [6.07, 6.45) is 0. The number of ether oxygens (including phenoxy) is 1. The zero-order valence-electron chi connectivity index (χ0n) is 11.8. The van der Waals surface area contributed by atoms with E-state index in [0.717, 1.165) is 5.56 Å². The highest BCUT2D eigenvalue weighted by atomic mass is 35.5. The fourth-order valence-electron chi connectivity index (χ4n) is 1.89. The monoisotopic (exact) mass is 327 g/mol. The molecule has 2 aromatic carbocycles. The lowest BCUT2D eigenvalue weighted by Crippen LogP contribution is -2.12. The lowest BCUT2D eigenvalue weighted by molar-refractivity contribution is 0.305. The molecule has 0 aliphatic heterocycles. The lowest BCUT2D eigenvalue weighted by atomic mass is 10.1. The average molecular weight is 328 g/mol. The van der Waals surface area contributed by atoms with E-state index in [1.807, 2.05) is 26.1 Å². The first-order chi connectivity index (χ1) is 10.0. The normalized spacial score (nSPS) is 12.2. The van der Waals surface area contributed by atoms with E-state index in [-0.39, 0.29) is 17.7 Å². The minimum atomic E-state index is -0.456. The molecule has 0 aliphatic carbocycles. The van der Waals surface area contributed by atoms with Crippen LogP contribution in [-0.2, 0) is 6.61 Å². The standard InChI is InChI=1S/C16H16Cl2FNO/c1-10(20-2)11-6-7-15(13(17)8-11)21-9-12-4-3-5-14(19)16(12)18/h3-8,10,20H,9H2,1-2H3. The Hall–Kier alpha value is -1.29. The van der Waals surface area contributed by atoms with Crippen LogP contribution in [0.4, 0.5) is 4.39 Å². The first-order valence-corrected chi connectivity index (χ1v) is 7.31. The van der Waals surface area contributed by atoms with E-state index >= 15 is 0 Å². The van der Waals surface area contributed by atoms with Crippen molar-refractivity contribution in [2.75, 3.05) is 7.05 Å². The number of nitrogens with one attached hydrogen (secondary N) is 1. The zero-order valence-corrected chi connectivity index (χ0v) is 13.3. The molecular formula is C16H16Cl2FNO. The summed E-state index contributed by atoms with van der Waals surface area (Å²) < 4.78 is 19.0. The molecule has 0 bridgehead atoms. The Labute approximate surface area is 133 Å². The van der Waals surface area contributed by atoms with Crippen LogP contribution >= 0.6 is 23.2 Å². The highest BCUT2D eigenvalue weighted by Gasteiger charge is 2.10. The quantitative estimate of drug-likeness (QED) is 0.835. The molecule has 5 heteroatoms. The van der Waals surface area contributed by atoms with Gasteiger partial charge in [0.1, 0.15) is 18.2 Å². The molecule has 0 heterocycles. The molecule has 0 spiro atoms. The lowest BCUT2D eigenvalue weighted by Gasteiger charge is -2.14. The molecule has 0 saturated carbocycles. The number of halogens is 3. The predicted molar refractivity (Wildman–Crippen MR) is 84.7 cm³/mol. The van der Waals surface area contributed by atoms with E-state index < -0.39 is 5.82 Å². The maximum absolute atomic E-state index is 13.3. The first-order valence-electron chi connectivity index (χ1n) is 6.55. The molecular weight excluding hydrogens is 312 g/mol. The predicted octanol–water partition coefficient (Wildman–Crippen LogP) is 4.99. The molecule has 1 N–H and O–H groups in total. The second kappa shape index (κ2) is 7.12. The third-order valence-electron chi connectivity index (χ3n) is 3.30. The SMILES string of the molecule is CNC(C)c1ccc(OCc2cccc(F)c2Cl)c(Cl)c1. The summed E-state index contributed by atoms with van der Waals surface area (Å²) in [5.41, 5.74) is 1.65. The van der Waals surface area contributed by atoms with E-state index in [0.29, 0.717) is 16.3 Å². The Bertz CT molecular complexity index is 634. The number of benzene rings is 2. The fourth-order valence-corrected chi connectivity index (χ4v) is 2.31. The highest BCUT2D eigenvalue weighted by molar-refractivity contribution is 6.32. The van der Waals surface area contributed by atoms with Crippen molar-refractivity contribution in [1.29, 1.82) is 0 Å². The Morgan fingerprint density at radius 1 is 1.24 bits per heavy atom. The molecule has 0 amide bonds. The van der Waals surface area contributed by atoms with Gasteiger partial charge < -0.3 is 10.1 Å². The van der Waals surface area contributed by atoms with Gasteiger partial charge in [0.25, 0.3) is 0 Å². The molecule has 0 saturated heterocycles. The van der Waals surface area contributed by atoms with Crippen molar-refractivity contribution in [3.63, 3.8) is 0 Å². The van der Waals surface area contributed by atoms with Gasteiger partial charge >= 0.3 is 0 Å². The molecule has 0 aromatic heterocycles. The van der Waals surface area contributed by atoms with Crippen molar-refractivity contribution in [2.45, 2.75) is 19.6 Å². The van der Waals surface area contributed by atoms with Crippen molar-refractivity contribution in [1.82, 2.24) is 5.32 Å². The van der Waals surface area contributed by atoms with Gasteiger partial charge in [-0.3, -0.25) is 0 Å². The highest BCUT2D eigenvalue weighted by Crippen LogP contribution is 2.29. The van der Waals surface area contributed by atoms with Gasteiger partial charge in [0.05, 0.1) is 10.0 Å². The van der Waals surface area contributed by atoms with Crippen molar-refractivity contribution < 1.29 is 9.13 Å². The summed E-state index contributed by atoms with van der Waals surface area (Å²) in [6, 6.07) is 10.4. The molecule has 0 aliphatic rings. The van der Waals surface area contributed by atoms with Gasteiger partial charge in [0.2, 0.25) is 0 Å².